The van der Waals surface area contributed by atoms with Crippen molar-refractivity contribution in [1.82, 2.24) is 0 Å². The summed E-state index contributed by atoms with van der Waals surface area (Å²) in [6.45, 7) is 1.34. The molecule has 0 aliphatic rings. The molecular weight excluding hydrogens is 239 g/mol. The normalized spacial score (nSPS) is 9.20. The molecule has 0 saturated heterocycles. The zero-order valence-electron chi connectivity index (χ0n) is 6.82. The molecule has 0 aromatic carbocycles. The first-order chi connectivity index (χ1) is 4.06. The van der Waals surface area contributed by atoms with E-state index in [2.05, 4.69) is 33.0 Å². The van der Waals surface area contributed by atoms with Gasteiger partial charge < -0.3 is 34.2 Å². The van der Waals surface area contributed by atoms with Crippen molar-refractivity contribution in [2.75, 3.05) is 34.2 Å². The molecule has 2 N–H and O–H groups in total. The molecule has 2 nitrogen and oxygen atoms in total. The van der Waals surface area contributed by atoms with Crippen molar-refractivity contribution in [3.8, 4) is 11.8 Å². The zero-order chi connectivity index (χ0) is 7.33. The van der Waals surface area contributed by atoms with Crippen LogP contribution in [0.15, 0.2) is 0 Å². The molecule has 10 heavy (non-hydrogen) atoms. The zero-order valence-corrected chi connectivity index (χ0v) is 8.97. The van der Waals surface area contributed by atoms with Gasteiger partial charge in [0.15, 0.2) is 0 Å². The molecule has 0 bridgehead atoms. The molecule has 0 spiro atoms. The summed E-state index contributed by atoms with van der Waals surface area (Å²) in [4.78, 5) is 0. The lowest BCUT2D eigenvalue weighted by Gasteiger charge is -2.19. The van der Waals surface area contributed by atoms with Crippen LogP contribution in [0.2, 0.25) is 0 Å². The van der Waals surface area contributed by atoms with E-state index in [1.54, 1.807) is 0 Å². The van der Waals surface area contributed by atoms with Gasteiger partial charge in [0.1, 0.15) is 6.54 Å². The Morgan fingerprint density at radius 1 is 1.20 bits per heavy atom. The van der Waals surface area contributed by atoms with Gasteiger partial charge in [-0.15, -0.1) is 0 Å². The number of nitrogens with zero attached hydrogens (tertiary/aromatic N) is 1. The fraction of sp³-hybridized carbons (Fsp3) is 0.714. The van der Waals surface area contributed by atoms with E-state index in [0.717, 1.165) is 11.0 Å². The number of hydrogen-bond donors (Lipinski definition) is 1. The third kappa shape index (κ3) is 11.1. The monoisotopic (exact) mass is 254 g/mol. The second kappa shape index (κ2) is 5.96. The van der Waals surface area contributed by atoms with E-state index in [1.807, 2.05) is 0 Å². The fourth-order valence-corrected chi connectivity index (χ4v) is 0.365. The molecule has 0 fully saturated rings. The summed E-state index contributed by atoms with van der Waals surface area (Å²) in [5.41, 5.74) is 5.18. The number of hydrogen-bond acceptors (Lipinski definition) is 1. The Hall–Kier alpha value is 0.210. The van der Waals surface area contributed by atoms with E-state index in [-0.39, 0.29) is 24.0 Å². The Balaban J connectivity index is 0. The summed E-state index contributed by atoms with van der Waals surface area (Å²) in [5, 5.41) is 0. The maximum atomic E-state index is 5.18. The first-order valence-corrected chi connectivity index (χ1v) is 3.02. The molecule has 0 radical (unpaired) electrons. The molecule has 3 heteroatoms. The third-order valence-electron chi connectivity index (χ3n) is 0.780. The maximum absolute atomic E-state index is 5.18. The van der Waals surface area contributed by atoms with Gasteiger partial charge in [-0.3, -0.25) is 0 Å². The Morgan fingerprint density at radius 3 is 2.00 bits per heavy atom. The smallest absolute Gasteiger partial charge is 0.140 e. The van der Waals surface area contributed by atoms with Crippen molar-refractivity contribution in [2.24, 2.45) is 5.73 Å². The van der Waals surface area contributed by atoms with Gasteiger partial charge in [0, 0.05) is 0 Å². The van der Waals surface area contributed by atoms with Crippen LogP contribution in [0, 0.1) is 11.8 Å². The van der Waals surface area contributed by atoms with E-state index >= 15 is 0 Å². The Morgan fingerprint density at radius 2 is 1.70 bits per heavy atom. The molecule has 0 heterocycles. The Kier molecular flexibility index (Phi) is 7.65. The van der Waals surface area contributed by atoms with Crippen molar-refractivity contribution >= 4 is 0 Å². The molecule has 0 rings (SSSR count). The van der Waals surface area contributed by atoms with Crippen molar-refractivity contribution < 1.29 is 28.5 Å². The molecule has 0 aromatic rings. The second-order valence-electron chi connectivity index (χ2n) is 3.01. The molecule has 0 atom stereocenters. The maximum Gasteiger partial charge on any atom is 0.140 e. The molecule has 60 valence electrons. The molecule has 0 unspecified atom stereocenters. The first-order valence-electron chi connectivity index (χ1n) is 3.02. The van der Waals surface area contributed by atoms with Crippen LogP contribution in [0.25, 0.3) is 0 Å². The number of quaternary nitrogens is 1. The lowest BCUT2D eigenvalue weighted by molar-refractivity contribution is -0.862. The van der Waals surface area contributed by atoms with E-state index in [9.17, 15) is 0 Å². The highest BCUT2D eigenvalue weighted by atomic mass is 127. The lowest BCUT2D eigenvalue weighted by Crippen LogP contribution is -3.00. The van der Waals surface area contributed by atoms with E-state index in [0.29, 0.717) is 6.54 Å². The summed E-state index contributed by atoms with van der Waals surface area (Å²) in [5.74, 6) is 5.79. The SMILES string of the molecule is C[N+](C)(C)CC#CCN.[I-]. The molecule has 0 saturated carbocycles. The molecule has 0 amide bonds. The molecule has 0 aliphatic heterocycles. The second-order valence-corrected chi connectivity index (χ2v) is 3.01. The fourth-order valence-electron chi connectivity index (χ4n) is 0.365. The predicted octanol–water partition coefficient (Wildman–Crippen LogP) is -3.34. The summed E-state index contributed by atoms with van der Waals surface area (Å²) in [6, 6.07) is 0. The van der Waals surface area contributed by atoms with Crippen molar-refractivity contribution in [3.05, 3.63) is 0 Å². The Bertz CT molecular complexity index is 127. The highest BCUT2D eigenvalue weighted by Crippen LogP contribution is 1.84. The minimum atomic E-state index is 0. The molecular formula is C7H15IN2. The van der Waals surface area contributed by atoms with E-state index in [4.69, 9.17) is 5.73 Å². The van der Waals surface area contributed by atoms with Gasteiger partial charge in [-0.2, -0.15) is 0 Å². The van der Waals surface area contributed by atoms with E-state index in [1.165, 1.54) is 0 Å². The van der Waals surface area contributed by atoms with Gasteiger partial charge in [0.05, 0.1) is 27.7 Å². The van der Waals surface area contributed by atoms with Crippen LogP contribution >= 0.6 is 0 Å². The van der Waals surface area contributed by atoms with Crippen molar-refractivity contribution in [2.45, 2.75) is 0 Å². The quantitative estimate of drug-likeness (QED) is 0.295. The van der Waals surface area contributed by atoms with Crippen LogP contribution < -0.4 is 29.7 Å². The molecule has 0 aromatic heterocycles. The summed E-state index contributed by atoms with van der Waals surface area (Å²) in [7, 11) is 6.31. The average Bonchev–Trinajstić information content (AvgIpc) is 1.63. The van der Waals surface area contributed by atoms with Gasteiger partial charge >= 0.3 is 0 Å². The number of nitrogens with two attached hydrogens (primary N) is 1. The first kappa shape index (κ1) is 12.8. The van der Waals surface area contributed by atoms with Crippen LogP contribution in [0.3, 0.4) is 0 Å². The topological polar surface area (TPSA) is 26.0 Å². The third-order valence-corrected chi connectivity index (χ3v) is 0.780. The summed E-state index contributed by atoms with van der Waals surface area (Å²) < 4.78 is 0.882. The average molecular weight is 254 g/mol. The van der Waals surface area contributed by atoms with Crippen LogP contribution in [0.4, 0.5) is 0 Å². The lowest BCUT2D eigenvalue weighted by atomic mass is 10.5. The minimum Gasteiger partial charge on any atom is -1.00 e. The largest absolute Gasteiger partial charge is 1.00 e. The van der Waals surface area contributed by atoms with Gasteiger partial charge in [-0.05, 0) is 5.92 Å². The summed E-state index contributed by atoms with van der Waals surface area (Å²) in [6.07, 6.45) is 0. The van der Waals surface area contributed by atoms with Gasteiger partial charge in [0.25, 0.3) is 0 Å². The van der Waals surface area contributed by atoms with Crippen LogP contribution in [-0.4, -0.2) is 38.7 Å². The van der Waals surface area contributed by atoms with E-state index < -0.39 is 0 Å². The van der Waals surface area contributed by atoms with Crippen molar-refractivity contribution in [1.29, 1.82) is 0 Å². The van der Waals surface area contributed by atoms with Gasteiger partial charge in [0.2, 0.25) is 0 Å². The van der Waals surface area contributed by atoms with Gasteiger partial charge in [-0.25, -0.2) is 0 Å². The van der Waals surface area contributed by atoms with Crippen LogP contribution in [0.1, 0.15) is 0 Å². The molecule has 0 aliphatic carbocycles. The highest BCUT2D eigenvalue weighted by Gasteiger charge is 2.00. The van der Waals surface area contributed by atoms with Crippen LogP contribution in [0.5, 0.6) is 0 Å². The highest BCUT2D eigenvalue weighted by molar-refractivity contribution is 4.99. The van der Waals surface area contributed by atoms with Crippen LogP contribution in [-0.2, 0) is 0 Å². The number of halogens is 1. The Labute approximate surface area is 80.4 Å². The standard InChI is InChI=1S/C7H15N2.HI/c1-9(2,3)7-5-4-6-8;/h6-8H2,1-3H3;1H/q+1;/p-1. The minimum absolute atomic E-state index is 0. The van der Waals surface area contributed by atoms with Gasteiger partial charge in [-0.1, -0.05) is 5.92 Å². The predicted molar refractivity (Wildman–Crippen MR) is 39.7 cm³/mol. The summed E-state index contributed by atoms with van der Waals surface area (Å²) >= 11 is 0. The van der Waals surface area contributed by atoms with Crippen molar-refractivity contribution in [3.63, 3.8) is 0 Å². The number of rotatable bonds is 1.